The largest absolute Gasteiger partial charge is 0.325 e. The fourth-order valence-corrected chi connectivity index (χ4v) is 2.46. The smallest absolute Gasteiger partial charge is 0.324 e. The lowest BCUT2D eigenvalue weighted by atomic mass is 10.1. The molecule has 0 atom stereocenters. The van der Waals surface area contributed by atoms with Crippen LogP contribution in [0.2, 0.25) is 10.0 Å². The van der Waals surface area contributed by atoms with Gasteiger partial charge in [0, 0.05) is 15.7 Å². The molecule has 0 radical (unpaired) electrons. The molecule has 1 saturated heterocycles. The number of urea groups is 1. The van der Waals surface area contributed by atoms with Crippen LogP contribution in [-0.4, -0.2) is 34.8 Å². The summed E-state index contributed by atoms with van der Waals surface area (Å²) in [6.45, 7) is 2.77. The minimum atomic E-state index is -1.00. The number of amides is 4. The van der Waals surface area contributed by atoms with Gasteiger partial charge in [0.2, 0.25) is 5.91 Å². The Bertz CT molecular complexity index is 611. The lowest BCUT2D eigenvalue weighted by molar-refractivity contribution is -0.132. The first kappa shape index (κ1) is 15.6. The van der Waals surface area contributed by atoms with Crippen molar-refractivity contribution in [2.24, 2.45) is 0 Å². The van der Waals surface area contributed by atoms with Gasteiger partial charge in [-0.3, -0.25) is 14.5 Å². The second-order valence-corrected chi connectivity index (χ2v) is 6.03. The number of benzene rings is 1. The SMILES string of the molecule is CC1(C)NC(=O)N(CC(=O)Nc2cc(Cl)cc(Cl)c2)C1=O. The lowest BCUT2D eigenvalue weighted by Gasteiger charge is -2.15. The summed E-state index contributed by atoms with van der Waals surface area (Å²) >= 11 is 11.6. The summed E-state index contributed by atoms with van der Waals surface area (Å²) in [5.74, 6) is -0.971. The summed E-state index contributed by atoms with van der Waals surface area (Å²) in [4.78, 5) is 36.4. The maximum absolute atomic E-state index is 12.0. The van der Waals surface area contributed by atoms with Crippen LogP contribution in [0, 0.1) is 0 Å². The molecule has 0 spiro atoms. The van der Waals surface area contributed by atoms with Crippen molar-refractivity contribution >= 4 is 46.7 Å². The van der Waals surface area contributed by atoms with E-state index >= 15 is 0 Å². The first-order chi connectivity index (χ1) is 9.69. The molecule has 1 aromatic rings. The Morgan fingerprint density at radius 1 is 1.24 bits per heavy atom. The number of carbonyl (C=O) groups is 3. The van der Waals surface area contributed by atoms with Crippen molar-refractivity contribution in [1.29, 1.82) is 0 Å². The molecule has 1 aromatic carbocycles. The van der Waals surface area contributed by atoms with E-state index in [2.05, 4.69) is 10.6 Å². The van der Waals surface area contributed by atoms with Gasteiger partial charge in [-0.1, -0.05) is 23.2 Å². The van der Waals surface area contributed by atoms with Crippen LogP contribution in [-0.2, 0) is 9.59 Å². The van der Waals surface area contributed by atoms with Crippen molar-refractivity contribution in [3.05, 3.63) is 28.2 Å². The number of nitrogens with one attached hydrogen (secondary N) is 2. The number of carbonyl (C=O) groups excluding carboxylic acids is 3. The molecule has 21 heavy (non-hydrogen) atoms. The van der Waals surface area contributed by atoms with Gasteiger partial charge in [-0.05, 0) is 32.0 Å². The Morgan fingerprint density at radius 3 is 2.29 bits per heavy atom. The highest BCUT2D eigenvalue weighted by atomic mass is 35.5. The normalized spacial score (nSPS) is 16.9. The highest BCUT2D eigenvalue weighted by Gasteiger charge is 2.44. The third-order valence-corrected chi connectivity index (χ3v) is 3.33. The fraction of sp³-hybridized carbons (Fsp3) is 0.308. The van der Waals surface area contributed by atoms with Crippen LogP contribution < -0.4 is 10.6 Å². The predicted molar refractivity (Wildman–Crippen MR) is 79.4 cm³/mol. The number of anilines is 1. The van der Waals surface area contributed by atoms with Crippen LogP contribution in [0.15, 0.2) is 18.2 Å². The number of nitrogens with zero attached hydrogens (tertiary/aromatic N) is 1. The summed E-state index contributed by atoms with van der Waals surface area (Å²) in [6.07, 6.45) is 0. The summed E-state index contributed by atoms with van der Waals surface area (Å²) in [6, 6.07) is 3.96. The lowest BCUT2D eigenvalue weighted by Crippen LogP contribution is -2.41. The predicted octanol–water partition coefficient (Wildman–Crippen LogP) is 2.26. The van der Waals surface area contributed by atoms with E-state index in [1.165, 1.54) is 18.2 Å². The van der Waals surface area contributed by atoms with Gasteiger partial charge < -0.3 is 10.6 Å². The zero-order chi connectivity index (χ0) is 15.8. The highest BCUT2D eigenvalue weighted by Crippen LogP contribution is 2.22. The third-order valence-electron chi connectivity index (χ3n) is 2.89. The Labute approximate surface area is 131 Å². The van der Waals surface area contributed by atoms with Gasteiger partial charge in [0.05, 0.1) is 0 Å². The van der Waals surface area contributed by atoms with Gasteiger partial charge in [-0.15, -0.1) is 0 Å². The molecule has 8 heteroatoms. The number of hydrogen-bond acceptors (Lipinski definition) is 3. The zero-order valence-electron chi connectivity index (χ0n) is 11.4. The minimum Gasteiger partial charge on any atom is -0.324 e. The molecule has 0 aliphatic carbocycles. The van der Waals surface area contributed by atoms with Crippen LogP contribution in [0.1, 0.15) is 13.8 Å². The summed E-state index contributed by atoms with van der Waals surface area (Å²) < 4.78 is 0. The number of hydrogen-bond donors (Lipinski definition) is 2. The number of rotatable bonds is 3. The topological polar surface area (TPSA) is 78.5 Å². The Hall–Kier alpha value is -1.79. The quantitative estimate of drug-likeness (QED) is 0.835. The van der Waals surface area contributed by atoms with Crippen molar-refractivity contribution in [2.75, 3.05) is 11.9 Å². The Balaban J connectivity index is 2.05. The molecule has 1 aliphatic heterocycles. The standard InChI is InChI=1S/C13H13Cl2N3O3/c1-13(2)11(20)18(12(21)17-13)6-10(19)16-9-4-7(14)3-8(15)5-9/h3-5H,6H2,1-2H3,(H,16,19)(H,17,21). The molecule has 112 valence electrons. The van der Waals surface area contributed by atoms with Crippen LogP contribution in [0.5, 0.6) is 0 Å². The third kappa shape index (κ3) is 3.46. The van der Waals surface area contributed by atoms with E-state index in [0.717, 1.165) is 4.90 Å². The average molecular weight is 330 g/mol. The van der Waals surface area contributed by atoms with Crippen molar-refractivity contribution < 1.29 is 14.4 Å². The first-order valence-electron chi connectivity index (χ1n) is 6.09. The van der Waals surface area contributed by atoms with E-state index in [-0.39, 0.29) is 6.54 Å². The van der Waals surface area contributed by atoms with E-state index in [9.17, 15) is 14.4 Å². The van der Waals surface area contributed by atoms with Crippen LogP contribution >= 0.6 is 23.2 Å². The van der Waals surface area contributed by atoms with E-state index in [0.29, 0.717) is 15.7 Å². The van der Waals surface area contributed by atoms with Crippen molar-refractivity contribution in [1.82, 2.24) is 10.2 Å². The van der Waals surface area contributed by atoms with Crippen molar-refractivity contribution in [3.63, 3.8) is 0 Å². The van der Waals surface area contributed by atoms with Gasteiger partial charge in [0.25, 0.3) is 5.91 Å². The number of halogens is 2. The maximum atomic E-state index is 12.0. The summed E-state index contributed by atoms with van der Waals surface area (Å²) in [7, 11) is 0. The van der Waals surface area contributed by atoms with Crippen molar-refractivity contribution in [3.8, 4) is 0 Å². The molecular weight excluding hydrogens is 317 g/mol. The molecule has 0 saturated carbocycles. The Morgan fingerprint density at radius 2 is 1.81 bits per heavy atom. The van der Waals surface area contributed by atoms with E-state index in [4.69, 9.17) is 23.2 Å². The molecule has 6 nitrogen and oxygen atoms in total. The van der Waals surface area contributed by atoms with Crippen molar-refractivity contribution in [2.45, 2.75) is 19.4 Å². The number of imide groups is 1. The fourth-order valence-electron chi connectivity index (χ4n) is 1.93. The average Bonchev–Trinajstić information content (AvgIpc) is 2.50. The maximum Gasteiger partial charge on any atom is 0.325 e. The van der Waals surface area contributed by atoms with Gasteiger partial charge >= 0.3 is 6.03 Å². The summed E-state index contributed by atoms with van der Waals surface area (Å²) in [5.41, 5.74) is -0.611. The van der Waals surface area contributed by atoms with E-state index in [1.54, 1.807) is 13.8 Å². The molecule has 0 aromatic heterocycles. The van der Waals surface area contributed by atoms with Gasteiger partial charge in [-0.2, -0.15) is 0 Å². The molecule has 2 rings (SSSR count). The molecule has 1 aliphatic rings. The molecule has 4 amide bonds. The minimum absolute atomic E-state index is 0.369. The van der Waals surface area contributed by atoms with Crippen LogP contribution in [0.3, 0.4) is 0 Å². The van der Waals surface area contributed by atoms with E-state index in [1.807, 2.05) is 0 Å². The summed E-state index contributed by atoms with van der Waals surface area (Å²) in [5, 5.41) is 5.77. The molecule has 1 heterocycles. The molecule has 0 bridgehead atoms. The molecule has 2 N–H and O–H groups in total. The molecule has 1 fully saturated rings. The monoisotopic (exact) mass is 329 g/mol. The Kier molecular flexibility index (Phi) is 4.11. The second kappa shape index (κ2) is 5.54. The second-order valence-electron chi connectivity index (χ2n) is 5.15. The van der Waals surface area contributed by atoms with Crippen LogP contribution in [0.4, 0.5) is 10.5 Å². The zero-order valence-corrected chi connectivity index (χ0v) is 12.9. The highest BCUT2D eigenvalue weighted by molar-refractivity contribution is 6.35. The molecule has 0 unspecified atom stereocenters. The first-order valence-corrected chi connectivity index (χ1v) is 6.85. The van der Waals surface area contributed by atoms with Gasteiger partial charge in [0.1, 0.15) is 12.1 Å². The van der Waals surface area contributed by atoms with Gasteiger partial charge in [0.15, 0.2) is 0 Å². The van der Waals surface area contributed by atoms with Crippen LogP contribution in [0.25, 0.3) is 0 Å². The van der Waals surface area contributed by atoms with Gasteiger partial charge in [-0.25, -0.2) is 4.79 Å². The van der Waals surface area contributed by atoms with E-state index < -0.39 is 23.4 Å². The molecular formula is C13H13Cl2N3O3.